The number of fused-ring (bicyclic) bond motifs is 1. The molecular weight excluding hydrogens is 355 g/mol. The number of amides is 1. The van der Waals surface area contributed by atoms with Crippen molar-refractivity contribution >= 4 is 6.09 Å². The Hall–Kier alpha value is -2.40. The van der Waals surface area contributed by atoms with Crippen LogP contribution in [0.25, 0.3) is 0 Å². The molecule has 2 fully saturated rings. The van der Waals surface area contributed by atoms with Gasteiger partial charge >= 0.3 is 6.09 Å². The number of hydrogen-bond acceptors (Lipinski definition) is 3. The van der Waals surface area contributed by atoms with Crippen LogP contribution in [-0.2, 0) is 11.2 Å². The van der Waals surface area contributed by atoms with Crippen LogP contribution >= 0.6 is 0 Å². The van der Waals surface area contributed by atoms with Gasteiger partial charge in [0.2, 0.25) is 0 Å². The molecule has 0 aromatic heterocycles. The summed E-state index contributed by atoms with van der Waals surface area (Å²) in [6.45, 7) is 2.63. The van der Waals surface area contributed by atoms with Gasteiger partial charge in [-0.25, -0.2) is 9.18 Å². The number of hydrogen-bond donors (Lipinski definition) is 0. The highest BCUT2D eigenvalue weighted by Gasteiger charge is 2.56. The maximum Gasteiger partial charge on any atom is 0.410 e. The zero-order valence-electron chi connectivity index (χ0n) is 16.1. The van der Waals surface area contributed by atoms with Crippen molar-refractivity contribution in [3.63, 3.8) is 0 Å². The van der Waals surface area contributed by atoms with Gasteiger partial charge < -0.3 is 9.64 Å². The lowest BCUT2D eigenvalue weighted by Crippen LogP contribution is -2.66. The van der Waals surface area contributed by atoms with Crippen LogP contribution in [0.5, 0.6) is 0 Å². The second kappa shape index (κ2) is 6.59. The highest BCUT2D eigenvalue weighted by molar-refractivity contribution is 5.70. The Balaban J connectivity index is 1.42. The molecule has 0 radical (unpaired) electrons. The molecular formula is C23H25FN2O2. The van der Waals surface area contributed by atoms with Gasteiger partial charge in [0.25, 0.3) is 0 Å². The van der Waals surface area contributed by atoms with E-state index in [1.165, 1.54) is 17.7 Å². The smallest absolute Gasteiger partial charge is 0.410 e. The molecule has 1 spiro atoms. The summed E-state index contributed by atoms with van der Waals surface area (Å²) in [5, 5.41) is 0. The van der Waals surface area contributed by atoms with Crippen LogP contribution in [-0.4, -0.2) is 48.7 Å². The Morgan fingerprint density at radius 1 is 1.14 bits per heavy atom. The lowest BCUT2D eigenvalue weighted by Gasteiger charge is -2.59. The van der Waals surface area contributed by atoms with E-state index >= 15 is 0 Å². The van der Waals surface area contributed by atoms with Crippen molar-refractivity contribution in [3.8, 4) is 0 Å². The Morgan fingerprint density at radius 2 is 1.89 bits per heavy atom. The van der Waals surface area contributed by atoms with Crippen molar-refractivity contribution in [3.05, 3.63) is 71.0 Å². The third-order valence-electron chi connectivity index (χ3n) is 6.70. The molecule has 4 nitrogen and oxygen atoms in total. The van der Waals surface area contributed by atoms with Gasteiger partial charge in [-0.1, -0.05) is 36.4 Å². The van der Waals surface area contributed by atoms with Crippen LogP contribution < -0.4 is 0 Å². The van der Waals surface area contributed by atoms with E-state index in [9.17, 15) is 9.18 Å². The van der Waals surface area contributed by atoms with E-state index in [0.717, 1.165) is 43.5 Å². The maximum absolute atomic E-state index is 13.5. The summed E-state index contributed by atoms with van der Waals surface area (Å²) in [5.74, 6) is -0.271. The number of benzene rings is 2. The quantitative estimate of drug-likeness (QED) is 0.789. The Bertz CT molecular complexity index is 892. The van der Waals surface area contributed by atoms with Gasteiger partial charge in [0.05, 0.1) is 6.04 Å². The van der Waals surface area contributed by atoms with Crippen molar-refractivity contribution in [1.29, 1.82) is 0 Å². The van der Waals surface area contributed by atoms with Crippen molar-refractivity contribution in [2.45, 2.75) is 31.4 Å². The zero-order chi connectivity index (χ0) is 19.3. The minimum absolute atomic E-state index is 0.0160. The molecule has 2 atom stereocenters. The van der Waals surface area contributed by atoms with Crippen LogP contribution in [0.2, 0.25) is 0 Å². The van der Waals surface area contributed by atoms with E-state index in [-0.39, 0.29) is 29.5 Å². The summed E-state index contributed by atoms with van der Waals surface area (Å²) in [5.41, 5.74) is 3.42. The molecule has 2 aromatic carbocycles. The summed E-state index contributed by atoms with van der Waals surface area (Å²) in [4.78, 5) is 17.3. The first-order valence-electron chi connectivity index (χ1n) is 10.0. The molecule has 0 unspecified atom stereocenters. The lowest BCUT2D eigenvalue weighted by atomic mass is 9.61. The summed E-state index contributed by atoms with van der Waals surface area (Å²) >= 11 is 0. The minimum atomic E-state index is -0.271. The van der Waals surface area contributed by atoms with E-state index in [1.807, 2.05) is 17.0 Å². The van der Waals surface area contributed by atoms with E-state index in [2.05, 4.69) is 24.1 Å². The number of carbonyl (C=O) groups is 1. The number of likely N-dealkylation sites (tertiary alicyclic amines) is 1. The SMILES string of the molecule is CN1CC2(CC[C@H]2OC(=O)N2CCc3ccccc3[C@@H]2c2ccc(F)cc2)C1. The van der Waals surface area contributed by atoms with Crippen molar-refractivity contribution in [2.24, 2.45) is 5.41 Å². The molecule has 1 aliphatic carbocycles. The van der Waals surface area contributed by atoms with E-state index in [0.29, 0.717) is 6.54 Å². The van der Waals surface area contributed by atoms with Gasteiger partial charge in [-0.05, 0) is 55.1 Å². The summed E-state index contributed by atoms with van der Waals surface area (Å²) < 4.78 is 19.5. The lowest BCUT2D eigenvalue weighted by molar-refractivity contribution is -0.156. The Morgan fingerprint density at radius 3 is 2.57 bits per heavy atom. The van der Waals surface area contributed by atoms with Gasteiger partial charge in [0.1, 0.15) is 11.9 Å². The average molecular weight is 380 g/mol. The first kappa shape index (κ1) is 17.7. The molecule has 0 bridgehead atoms. The highest BCUT2D eigenvalue weighted by Crippen LogP contribution is 2.50. The highest BCUT2D eigenvalue weighted by atomic mass is 19.1. The standard InChI is InChI=1S/C23H25FN2O2/c1-25-14-23(15-25)12-10-20(23)28-22(27)26-13-11-16-4-2-3-5-19(16)21(26)17-6-8-18(24)9-7-17/h2-9,20-21H,10-15H2,1H3/t20-,21+/m1/s1. The second-order valence-electron chi connectivity index (χ2n) is 8.54. The normalized spacial score (nSPS) is 25.6. The Labute approximate surface area is 164 Å². The van der Waals surface area contributed by atoms with Gasteiger partial charge in [0, 0.05) is 25.0 Å². The molecule has 2 aromatic rings. The molecule has 1 saturated carbocycles. The number of rotatable bonds is 2. The van der Waals surface area contributed by atoms with Gasteiger partial charge in [-0.15, -0.1) is 0 Å². The summed E-state index contributed by atoms with van der Waals surface area (Å²) in [7, 11) is 2.11. The van der Waals surface area contributed by atoms with E-state index in [1.54, 1.807) is 12.1 Å². The molecule has 5 heteroatoms. The number of carbonyl (C=O) groups excluding carboxylic acids is 1. The molecule has 2 aliphatic heterocycles. The summed E-state index contributed by atoms with van der Waals surface area (Å²) in [6.07, 6.45) is 2.66. The molecule has 3 aliphatic rings. The van der Waals surface area contributed by atoms with Gasteiger partial charge in [-0.3, -0.25) is 4.90 Å². The topological polar surface area (TPSA) is 32.8 Å². The predicted octanol–water partition coefficient (Wildman–Crippen LogP) is 4.00. The third kappa shape index (κ3) is 2.80. The van der Waals surface area contributed by atoms with Gasteiger partial charge in [-0.2, -0.15) is 0 Å². The van der Waals surface area contributed by atoms with E-state index in [4.69, 9.17) is 4.74 Å². The van der Waals surface area contributed by atoms with Crippen molar-refractivity contribution in [2.75, 3.05) is 26.7 Å². The zero-order valence-corrected chi connectivity index (χ0v) is 16.1. The van der Waals surface area contributed by atoms with E-state index < -0.39 is 0 Å². The molecule has 2 heterocycles. The fraction of sp³-hybridized carbons (Fsp3) is 0.435. The number of nitrogens with zero attached hydrogens (tertiary/aromatic N) is 2. The van der Waals surface area contributed by atoms with Crippen molar-refractivity contribution < 1.29 is 13.9 Å². The molecule has 146 valence electrons. The van der Waals surface area contributed by atoms with Crippen LogP contribution in [0.15, 0.2) is 48.5 Å². The monoisotopic (exact) mass is 380 g/mol. The molecule has 1 amide bonds. The fourth-order valence-corrected chi connectivity index (χ4v) is 5.20. The van der Waals surface area contributed by atoms with Crippen LogP contribution in [0.4, 0.5) is 9.18 Å². The largest absolute Gasteiger partial charge is 0.445 e. The van der Waals surface area contributed by atoms with Crippen LogP contribution in [0, 0.1) is 11.2 Å². The van der Waals surface area contributed by atoms with Crippen LogP contribution in [0.1, 0.15) is 35.6 Å². The number of halogens is 1. The van der Waals surface area contributed by atoms with Crippen molar-refractivity contribution in [1.82, 2.24) is 9.80 Å². The molecule has 0 N–H and O–H groups in total. The van der Waals surface area contributed by atoms with Crippen LogP contribution in [0.3, 0.4) is 0 Å². The summed E-state index contributed by atoms with van der Waals surface area (Å²) in [6, 6.07) is 14.4. The first-order chi connectivity index (χ1) is 13.6. The second-order valence-corrected chi connectivity index (χ2v) is 8.54. The number of ether oxygens (including phenoxy) is 1. The fourth-order valence-electron chi connectivity index (χ4n) is 5.20. The molecule has 1 saturated heterocycles. The first-order valence-corrected chi connectivity index (χ1v) is 10.0. The molecule has 28 heavy (non-hydrogen) atoms. The Kier molecular flexibility index (Phi) is 4.16. The molecule has 5 rings (SSSR count). The maximum atomic E-state index is 13.5. The third-order valence-corrected chi connectivity index (χ3v) is 6.70. The van der Waals surface area contributed by atoms with Gasteiger partial charge in [0.15, 0.2) is 0 Å². The average Bonchev–Trinajstić information content (AvgIpc) is 2.68. The minimum Gasteiger partial charge on any atom is -0.445 e. The predicted molar refractivity (Wildman–Crippen MR) is 105 cm³/mol.